The molecule has 0 aliphatic carbocycles. The normalized spacial score (nSPS) is 17.6. The average Bonchev–Trinajstić information content (AvgIpc) is 3.42. The minimum atomic E-state index is -0.537. The van der Waals surface area contributed by atoms with Crippen molar-refractivity contribution in [3.63, 3.8) is 0 Å². The molecule has 6 rings (SSSR count). The Labute approximate surface area is 267 Å². The van der Waals surface area contributed by atoms with Gasteiger partial charge in [0, 0.05) is 30.3 Å². The molecule has 4 aromatic rings. The number of nitrogens with zero attached hydrogens (tertiary/aromatic N) is 7. The van der Waals surface area contributed by atoms with Crippen LogP contribution < -0.4 is 10.5 Å². The molecule has 238 valence electrons. The van der Waals surface area contributed by atoms with Gasteiger partial charge in [-0.25, -0.2) is 19.0 Å². The first kappa shape index (κ1) is 31.1. The average molecular weight is 625 g/mol. The number of carbonyl (C=O) groups excluding carboxylic acids is 1. The summed E-state index contributed by atoms with van der Waals surface area (Å²) in [5.41, 5.74) is 6.87. The van der Waals surface area contributed by atoms with Crippen LogP contribution in [-0.2, 0) is 9.53 Å². The van der Waals surface area contributed by atoms with Crippen molar-refractivity contribution in [3.05, 3.63) is 72.3 Å². The molecule has 2 aliphatic heterocycles. The minimum absolute atomic E-state index is 0.0989. The maximum atomic E-state index is 15.6. The van der Waals surface area contributed by atoms with Crippen LogP contribution in [-0.4, -0.2) is 79.9 Å². The number of fused-ring (bicyclic) bond motifs is 1. The number of aromatic nitrogens is 4. The topological polar surface area (TPSA) is 135 Å². The summed E-state index contributed by atoms with van der Waals surface area (Å²) in [6, 6.07) is 15.8. The van der Waals surface area contributed by atoms with Crippen molar-refractivity contribution in [2.45, 2.75) is 51.2 Å². The number of likely N-dealkylation sites (N-methyl/N-ethyl adjacent to an activating group) is 1. The molecule has 0 spiro atoms. The molecule has 4 heterocycles. The number of para-hydroxylation sites is 1. The number of rotatable bonds is 9. The van der Waals surface area contributed by atoms with Gasteiger partial charge in [0.15, 0.2) is 5.65 Å². The van der Waals surface area contributed by atoms with Crippen LogP contribution in [0.15, 0.2) is 66.5 Å². The lowest BCUT2D eigenvalue weighted by atomic mass is 9.95. The molecular weight excluding hydrogens is 587 g/mol. The molecular formula is C34H37FN8O3. The highest BCUT2D eigenvalue weighted by atomic mass is 19.1. The molecule has 1 atom stereocenters. The molecule has 0 unspecified atom stereocenters. The molecule has 2 fully saturated rings. The molecule has 0 bridgehead atoms. The van der Waals surface area contributed by atoms with Crippen LogP contribution in [0.1, 0.15) is 39.7 Å². The van der Waals surface area contributed by atoms with Crippen LogP contribution in [0, 0.1) is 17.1 Å². The van der Waals surface area contributed by atoms with Gasteiger partial charge in [-0.3, -0.25) is 9.69 Å². The third kappa shape index (κ3) is 6.03. The van der Waals surface area contributed by atoms with Crippen molar-refractivity contribution < 1.29 is 18.7 Å². The second-order valence-corrected chi connectivity index (χ2v) is 12.2. The first-order chi connectivity index (χ1) is 22.2. The predicted molar refractivity (Wildman–Crippen MR) is 171 cm³/mol. The molecule has 1 amide bonds. The summed E-state index contributed by atoms with van der Waals surface area (Å²) in [4.78, 5) is 26.3. The summed E-state index contributed by atoms with van der Waals surface area (Å²) < 4.78 is 28.5. The molecule has 2 saturated heterocycles. The fraction of sp³-hybridized carbons (Fsp3) is 0.382. The number of nitrogen functional groups attached to an aromatic ring is 1. The van der Waals surface area contributed by atoms with Gasteiger partial charge in [-0.05, 0) is 63.6 Å². The van der Waals surface area contributed by atoms with Crippen LogP contribution in [0.25, 0.3) is 22.3 Å². The van der Waals surface area contributed by atoms with Crippen LogP contribution in [0.4, 0.5) is 10.2 Å². The van der Waals surface area contributed by atoms with Gasteiger partial charge in [0.05, 0.1) is 30.7 Å². The summed E-state index contributed by atoms with van der Waals surface area (Å²) in [5, 5.41) is 15.3. The number of nitrogens with two attached hydrogens (primary N) is 1. The van der Waals surface area contributed by atoms with Crippen LogP contribution in [0.5, 0.6) is 11.5 Å². The third-order valence-corrected chi connectivity index (χ3v) is 8.71. The first-order valence-electron chi connectivity index (χ1n) is 15.5. The monoisotopic (exact) mass is 624 g/mol. The van der Waals surface area contributed by atoms with E-state index >= 15 is 4.39 Å². The lowest BCUT2D eigenvalue weighted by Crippen LogP contribution is -2.57. The number of piperidine rings is 1. The van der Waals surface area contributed by atoms with Crippen LogP contribution in [0.3, 0.4) is 0 Å². The minimum Gasteiger partial charge on any atom is -0.457 e. The zero-order chi connectivity index (χ0) is 32.4. The Morgan fingerprint density at radius 3 is 2.67 bits per heavy atom. The van der Waals surface area contributed by atoms with E-state index in [-0.39, 0.29) is 34.9 Å². The van der Waals surface area contributed by atoms with Gasteiger partial charge >= 0.3 is 0 Å². The Hall–Kier alpha value is -4.86. The fourth-order valence-corrected chi connectivity index (χ4v) is 6.44. The number of nitriles is 1. The number of anilines is 1. The smallest absolute Gasteiger partial charge is 0.264 e. The molecule has 46 heavy (non-hydrogen) atoms. The molecule has 2 N–H and O–H groups in total. The number of hydrogen-bond donors (Lipinski definition) is 1. The lowest BCUT2D eigenvalue weighted by Gasteiger charge is -2.45. The number of hydrogen-bond acceptors (Lipinski definition) is 9. The highest BCUT2D eigenvalue weighted by molar-refractivity contribution is 5.99. The van der Waals surface area contributed by atoms with E-state index in [0.717, 1.165) is 6.54 Å². The number of carbonyl (C=O) groups is 1. The van der Waals surface area contributed by atoms with Crippen molar-refractivity contribution in [2.24, 2.45) is 0 Å². The summed E-state index contributed by atoms with van der Waals surface area (Å²) >= 11 is 0. The highest BCUT2D eigenvalue weighted by Crippen LogP contribution is 2.36. The molecule has 0 saturated carbocycles. The molecule has 2 aromatic carbocycles. The molecule has 2 aromatic heterocycles. The predicted octanol–water partition coefficient (Wildman–Crippen LogP) is 5.12. The third-order valence-electron chi connectivity index (χ3n) is 8.71. The van der Waals surface area contributed by atoms with E-state index in [9.17, 15) is 10.1 Å². The lowest BCUT2D eigenvalue weighted by molar-refractivity contribution is -0.128. The Balaban J connectivity index is 1.28. The van der Waals surface area contributed by atoms with Gasteiger partial charge in [-0.15, -0.1) is 0 Å². The van der Waals surface area contributed by atoms with Gasteiger partial charge in [0.1, 0.15) is 46.8 Å². The summed E-state index contributed by atoms with van der Waals surface area (Å²) in [6.45, 7) is 8.94. The standard InChI is InChI=1S/C34H37FN8O3/c1-4-42(24-19-45-20-24)34(2,3)16-22(17-36)33(44)41-14-8-9-23(18-41)43-32-29(31(37)38-21-39-32)30(40-43)27-13-12-26(15-28(27)35)46-25-10-6-5-7-11-25/h5-7,10-13,15-16,21,23-24H,4,8-9,14,18-20H2,1-3H3,(H2,37,38,39)/t23-/m1/s1. The Bertz CT molecular complexity index is 1810. The summed E-state index contributed by atoms with van der Waals surface area (Å²) in [6.07, 6.45) is 4.52. The fourth-order valence-electron chi connectivity index (χ4n) is 6.44. The van der Waals surface area contributed by atoms with Crippen molar-refractivity contribution >= 4 is 22.8 Å². The number of ether oxygens (including phenoxy) is 2. The van der Waals surface area contributed by atoms with Gasteiger partial charge in [0.2, 0.25) is 0 Å². The second-order valence-electron chi connectivity index (χ2n) is 12.2. The molecule has 2 aliphatic rings. The van der Waals surface area contributed by atoms with E-state index in [1.165, 1.54) is 12.4 Å². The SMILES string of the molecule is CCN(C1COC1)C(C)(C)C=C(C#N)C(=O)N1CCC[C@@H](n2nc(-c3ccc(Oc4ccccc4)cc3F)c3c(N)ncnc32)C1. The summed E-state index contributed by atoms with van der Waals surface area (Å²) in [5.74, 6) is 0.242. The van der Waals surface area contributed by atoms with Gasteiger partial charge < -0.3 is 20.1 Å². The van der Waals surface area contributed by atoms with Crippen molar-refractivity contribution in [1.82, 2.24) is 29.5 Å². The molecule has 0 radical (unpaired) electrons. The Kier molecular flexibility index (Phi) is 8.71. The van der Waals surface area contributed by atoms with Crippen molar-refractivity contribution in [3.8, 4) is 28.8 Å². The van der Waals surface area contributed by atoms with E-state index in [1.54, 1.807) is 39.9 Å². The van der Waals surface area contributed by atoms with Crippen LogP contribution >= 0.6 is 0 Å². The highest BCUT2D eigenvalue weighted by Gasteiger charge is 2.36. The maximum Gasteiger partial charge on any atom is 0.264 e. The van der Waals surface area contributed by atoms with E-state index in [0.29, 0.717) is 67.4 Å². The number of amides is 1. The zero-order valence-corrected chi connectivity index (χ0v) is 26.2. The van der Waals surface area contributed by atoms with Gasteiger partial charge in [-0.1, -0.05) is 25.1 Å². The van der Waals surface area contributed by atoms with Gasteiger partial charge in [-0.2, -0.15) is 10.4 Å². The zero-order valence-electron chi connectivity index (χ0n) is 26.2. The van der Waals surface area contributed by atoms with Crippen LogP contribution in [0.2, 0.25) is 0 Å². The Morgan fingerprint density at radius 2 is 2.00 bits per heavy atom. The quantitative estimate of drug-likeness (QED) is 0.199. The largest absolute Gasteiger partial charge is 0.457 e. The number of benzene rings is 2. The van der Waals surface area contributed by atoms with E-state index in [4.69, 9.17) is 20.3 Å². The molecule has 12 heteroatoms. The van der Waals surface area contributed by atoms with E-state index in [1.807, 2.05) is 32.0 Å². The Morgan fingerprint density at radius 1 is 1.22 bits per heavy atom. The maximum absolute atomic E-state index is 15.6. The summed E-state index contributed by atoms with van der Waals surface area (Å²) in [7, 11) is 0. The number of halogens is 1. The van der Waals surface area contributed by atoms with Gasteiger partial charge in [0.25, 0.3) is 5.91 Å². The first-order valence-corrected chi connectivity index (χ1v) is 15.5. The molecule has 11 nitrogen and oxygen atoms in total. The van der Waals surface area contributed by atoms with Crippen molar-refractivity contribution in [1.29, 1.82) is 5.26 Å². The number of likely N-dealkylation sites (tertiary alicyclic amines) is 1. The van der Waals surface area contributed by atoms with E-state index < -0.39 is 11.4 Å². The van der Waals surface area contributed by atoms with Crippen molar-refractivity contribution in [2.75, 3.05) is 38.6 Å². The van der Waals surface area contributed by atoms with E-state index in [2.05, 4.69) is 27.9 Å². The second kappa shape index (κ2) is 12.9.